The summed E-state index contributed by atoms with van der Waals surface area (Å²) in [6.07, 6.45) is 1.85. The van der Waals surface area contributed by atoms with Gasteiger partial charge in [-0.2, -0.15) is 0 Å². The van der Waals surface area contributed by atoms with Crippen LogP contribution in [0.25, 0.3) is 66.0 Å². The van der Waals surface area contributed by atoms with E-state index in [1.165, 1.54) is 22.1 Å². The molecule has 9 rings (SSSR count). The van der Waals surface area contributed by atoms with E-state index in [4.69, 9.17) is 12.2 Å². The van der Waals surface area contributed by atoms with Crippen molar-refractivity contribution < 1.29 is 14.7 Å². The lowest BCUT2D eigenvalue weighted by molar-refractivity contribution is -0.140. The van der Waals surface area contributed by atoms with E-state index in [-0.39, 0.29) is 14.8 Å². The van der Waals surface area contributed by atoms with Crippen molar-refractivity contribution in [3.05, 3.63) is 140 Å². The van der Waals surface area contributed by atoms with Crippen LogP contribution in [0.5, 0.6) is 0 Å². The van der Waals surface area contributed by atoms with E-state index < -0.39 is 18.4 Å². The van der Waals surface area contributed by atoms with Gasteiger partial charge in [0.25, 0.3) is 11.5 Å². The normalized spacial score (nSPS) is 14.9. The lowest BCUT2D eigenvalue weighted by Crippen LogP contribution is -2.35. The molecule has 0 saturated carbocycles. The first kappa shape index (κ1) is 32.2. The highest BCUT2D eigenvalue weighted by Gasteiger charge is 2.35. The topological polar surface area (TPSA) is 89.5 Å². The molecule has 0 aliphatic carbocycles. The van der Waals surface area contributed by atoms with E-state index in [2.05, 4.69) is 106 Å². The van der Waals surface area contributed by atoms with Gasteiger partial charge in [-0.1, -0.05) is 84.6 Å². The molecule has 3 aromatic heterocycles. The number of para-hydroxylation sites is 3. The monoisotopic (exact) mass is 736 g/mol. The second-order valence-corrected chi connectivity index (χ2v) is 15.1. The summed E-state index contributed by atoms with van der Waals surface area (Å²) < 4.78 is 7.25. The highest BCUT2D eigenvalue weighted by Crippen LogP contribution is 2.35. The number of fused-ring (bicyclic) bond motifs is 6. The first-order chi connectivity index (χ1) is 25.3. The molecule has 1 fully saturated rings. The van der Waals surface area contributed by atoms with Crippen LogP contribution in [-0.4, -0.2) is 46.4 Å². The van der Waals surface area contributed by atoms with Crippen molar-refractivity contribution in [2.24, 2.45) is 0 Å². The number of thiazole rings is 1. The molecule has 1 aliphatic rings. The summed E-state index contributed by atoms with van der Waals surface area (Å²) in [5.41, 5.74) is 7.19. The minimum absolute atomic E-state index is 0.166. The SMILES string of the molecule is CCn1c(=C2SC(=S)N(CC(=O)O)C2=O)sc(=Cc2ccc3c(c2)c2ccccc2n3-c2ccc(-n3c4ccccc4c4ccccc43)cc2)c1=O. The van der Waals surface area contributed by atoms with Crippen molar-refractivity contribution >= 4 is 106 Å². The molecule has 4 heterocycles. The molecule has 1 aliphatic heterocycles. The number of thiocarbonyl (C=S) groups is 1. The number of carboxylic acid groups (broad SMARTS) is 1. The van der Waals surface area contributed by atoms with Crippen LogP contribution in [0.1, 0.15) is 12.5 Å². The van der Waals surface area contributed by atoms with Crippen LogP contribution in [0, 0.1) is 0 Å². The Morgan fingerprint density at radius 3 is 1.79 bits per heavy atom. The standard InChI is InChI=1S/C41H28N4O4S3/c1-2-42-38(48)35(51-40(42)37-39(49)43(23-36(46)47)41(50)52-37)22-24-15-20-34-30(21-24)29-11-5-8-14-33(29)45(34)26-18-16-25(17-19-26)44-31-12-6-3-9-27(31)28-10-4-7-13-32(28)44/h3-22H,2,23H2,1H3,(H,46,47). The summed E-state index contributed by atoms with van der Waals surface area (Å²) in [5.74, 6) is -1.65. The van der Waals surface area contributed by atoms with Crippen LogP contribution in [0.15, 0.2) is 120 Å². The van der Waals surface area contributed by atoms with Gasteiger partial charge in [0.15, 0.2) is 0 Å². The molecule has 0 spiro atoms. The lowest BCUT2D eigenvalue weighted by atomic mass is 10.1. The van der Waals surface area contributed by atoms with E-state index in [0.29, 0.717) is 15.7 Å². The van der Waals surface area contributed by atoms with Crippen LogP contribution >= 0.6 is 35.3 Å². The van der Waals surface area contributed by atoms with Gasteiger partial charge < -0.3 is 14.2 Å². The number of amides is 1. The van der Waals surface area contributed by atoms with Crippen molar-refractivity contribution in [1.82, 2.24) is 18.6 Å². The number of hydrogen-bond acceptors (Lipinski definition) is 6. The zero-order valence-corrected chi connectivity index (χ0v) is 30.1. The van der Waals surface area contributed by atoms with Gasteiger partial charge in [0.1, 0.15) is 20.4 Å². The Kier molecular flexibility index (Phi) is 7.72. The molecule has 5 aromatic carbocycles. The quantitative estimate of drug-likeness (QED) is 0.185. The average Bonchev–Trinajstić information content (AvgIpc) is 3.86. The molecule has 0 bridgehead atoms. The third kappa shape index (κ3) is 5.03. The minimum atomic E-state index is -1.15. The van der Waals surface area contributed by atoms with Crippen molar-refractivity contribution in [2.45, 2.75) is 13.5 Å². The summed E-state index contributed by atoms with van der Waals surface area (Å²) in [6, 6.07) is 40.2. The molecule has 254 valence electrons. The molecule has 1 N–H and O–H groups in total. The molecule has 1 saturated heterocycles. The first-order valence-corrected chi connectivity index (χ1v) is 18.7. The van der Waals surface area contributed by atoms with Crippen LogP contribution < -0.4 is 14.8 Å². The second-order valence-electron chi connectivity index (χ2n) is 12.5. The number of nitrogens with zero attached hydrogens (tertiary/aromatic N) is 4. The van der Waals surface area contributed by atoms with E-state index >= 15 is 0 Å². The molecule has 0 radical (unpaired) electrons. The molecule has 52 heavy (non-hydrogen) atoms. The molecule has 0 unspecified atom stereocenters. The number of hydrogen-bond donors (Lipinski definition) is 1. The Morgan fingerprint density at radius 1 is 0.731 bits per heavy atom. The summed E-state index contributed by atoms with van der Waals surface area (Å²) in [4.78, 5) is 39.5. The second kappa shape index (κ2) is 12.5. The smallest absolute Gasteiger partial charge is 0.323 e. The van der Waals surface area contributed by atoms with Crippen molar-refractivity contribution in [2.75, 3.05) is 6.54 Å². The molecular formula is C41H28N4O4S3. The number of carbonyl (C=O) groups excluding carboxylic acids is 1. The van der Waals surface area contributed by atoms with Gasteiger partial charge in [-0.3, -0.25) is 23.9 Å². The van der Waals surface area contributed by atoms with Crippen molar-refractivity contribution in [3.63, 3.8) is 0 Å². The first-order valence-electron chi connectivity index (χ1n) is 16.7. The fourth-order valence-corrected chi connectivity index (χ4v) is 9.81. The van der Waals surface area contributed by atoms with Crippen molar-refractivity contribution in [1.29, 1.82) is 0 Å². The van der Waals surface area contributed by atoms with Crippen molar-refractivity contribution in [3.8, 4) is 11.4 Å². The number of carbonyl (C=O) groups is 2. The Hall–Kier alpha value is -5.75. The maximum absolute atomic E-state index is 13.6. The van der Waals surface area contributed by atoms with Crippen LogP contribution in [0.3, 0.4) is 0 Å². The predicted molar refractivity (Wildman–Crippen MR) is 215 cm³/mol. The Bertz CT molecular complexity index is 2950. The zero-order valence-electron chi connectivity index (χ0n) is 27.6. The number of rotatable bonds is 6. The Labute approximate surface area is 309 Å². The number of carboxylic acids is 1. The molecular weight excluding hydrogens is 709 g/mol. The van der Waals surface area contributed by atoms with Gasteiger partial charge in [0.2, 0.25) is 0 Å². The van der Waals surface area contributed by atoms with Gasteiger partial charge in [-0.25, -0.2) is 0 Å². The van der Waals surface area contributed by atoms with Crippen LogP contribution in [0.2, 0.25) is 0 Å². The summed E-state index contributed by atoms with van der Waals surface area (Å²) in [7, 11) is 0. The van der Waals surface area contributed by atoms with E-state index in [1.807, 2.05) is 31.2 Å². The van der Waals surface area contributed by atoms with E-state index in [1.54, 1.807) is 4.57 Å². The fourth-order valence-electron chi connectivity index (χ4n) is 7.24. The Balaban J connectivity index is 1.15. The highest BCUT2D eigenvalue weighted by molar-refractivity contribution is 8.30. The number of thioether (sulfide) groups is 1. The van der Waals surface area contributed by atoms with Gasteiger partial charge in [-0.15, -0.1) is 11.3 Å². The highest BCUT2D eigenvalue weighted by atomic mass is 32.2. The fraction of sp³-hybridized carbons (Fsp3) is 0.0732. The average molecular weight is 737 g/mol. The van der Waals surface area contributed by atoms with E-state index in [9.17, 15) is 19.5 Å². The molecule has 11 heteroatoms. The zero-order chi connectivity index (χ0) is 35.7. The minimum Gasteiger partial charge on any atom is -0.480 e. The number of benzene rings is 5. The van der Waals surface area contributed by atoms with Gasteiger partial charge in [0.05, 0.1) is 26.6 Å². The molecule has 8 aromatic rings. The number of aliphatic carboxylic acids is 1. The molecule has 1 amide bonds. The summed E-state index contributed by atoms with van der Waals surface area (Å²) in [5, 5.41) is 13.9. The van der Waals surface area contributed by atoms with Gasteiger partial charge >= 0.3 is 5.97 Å². The van der Waals surface area contributed by atoms with Crippen LogP contribution in [0.4, 0.5) is 0 Å². The van der Waals surface area contributed by atoms with Gasteiger partial charge in [-0.05, 0) is 73.2 Å². The van der Waals surface area contributed by atoms with Gasteiger partial charge in [0, 0.05) is 39.5 Å². The molecule has 8 nitrogen and oxygen atoms in total. The van der Waals surface area contributed by atoms with E-state index in [0.717, 1.165) is 66.4 Å². The third-order valence-electron chi connectivity index (χ3n) is 9.50. The third-order valence-corrected chi connectivity index (χ3v) is 12.2. The summed E-state index contributed by atoms with van der Waals surface area (Å²) >= 11 is 7.56. The Morgan fingerprint density at radius 2 is 1.25 bits per heavy atom. The number of aromatic nitrogens is 3. The molecule has 0 atom stereocenters. The van der Waals surface area contributed by atoms with Crippen LogP contribution in [-0.2, 0) is 16.1 Å². The maximum atomic E-state index is 13.6. The summed E-state index contributed by atoms with van der Waals surface area (Å²) in [6.45, 7) is 1.67. The largest absolute Gasteiger partial charge is 0.480 e. The lowest BCUT2D eigenvalue weighted by Gasteiger charge is -2.11. The predicted octanol–water partition coefficient (Wildman–Crippen LogP) is 7.01. The maximum Gasteiger partial charge on any atom is 0.323 e.